The van der Waals surface area contributed by atoms with Gasteiger partial charge in [0.25, 0.3) is 11.8 Å². The number of rotatable bonds is 7. The number of halogens is 1. The molecule has 2 aromatic carbocycles. The normalized spacial score (nSPS) is 15.1. The average molecular weight is 451 g/mol. The molecule has 0 spiro atoms. The Morgan fingerprint density at radius 2 is 1.76 bits per heavy atom. The Hall–Kier alpha value is -3.49. The highest BCUT2D eigenvalue weighted by Gasteiger charge is 2.26. The molecule has 1 aliphatic heterocycles. The number of hydrogen-bond acceptors (Lipinski definition) is 5. The van der Waals surface area contributed by atoms with Gasteiger partial charge in [-0.15, -0.1) is 0 Å². The van der Waals surface area contributed by atoms with Gasteiger partial charge in [0.2, 0.25) is 0 Å². The number of anilines is 1. The molecule has 0 bridgehead atoms. The van der Waals surface area contributed by atoms with Crippen molar-refractivity contribution in [2.45, 2.75) is 13.0 Å². The van der Waals surface area contributed by atoms with Gasteiger partial charge >= 0.3 is 0 Å². The minimum absolute atomic E-state index is 0.104. The largest absolute Gasteiger partial charge is 0.465 e. The van der Waals surface area contributed by atoms with E-state index < -0.39 is 5.82 Å². The summed E-state index contributed by atoms with van der Waals surface area (Å²) in [6, 6.07) is 15.7. The van der Waals surface area contributed by atoms with E-state index in [1.54, 1.807) is 24.3 Å². The summed E-state index contributed by atoms with van der Waals surface area (Å²) in [5.74, 6) is 0.571. The van der Waals surface area contributed by atoms with E-state index in [9.17, 15) is 14.0 Å². The van der Waals surface area contributed by atoms with Crippen LogP contribution in [0.4, 0.5) is 10.1 Å². The standard InChI is InChI=1S/C25H26FN3O4/c1-17-5-10-23(33-17)22(29-11-13-32-14-12-29)16-27-24(30)19-3-2-4-21(15-19)28-25(31)18-6-8-20(26)9-7-18/h2-10,15,22H,11-14,16H2,1H3,(H,27,30)(H,28,31). The Morgan fingerprint density at radius 3 is 2.45 bits per heavy atom. The summed E-state index contributed by atoms with van der Waals surface area (Å²) >= 11 is 0. The van der Waals surface area contributed by atoms with Crippen LogP contribution < -0.4 is 10.6 Å². The lowest BCUT2D eigenvalue weighted by molar-refractivity contribution is 0.0117. The molecule has 2 heterocycles. The second kappa shape index (κ2) is 10.4. The lowest BCUT2D eigenvalue weighted by atomic mass is 10.1. The summed E-state index contributed by atoms with van der Waals surface area (Å²) in [4.78, 5) is 27.5. The zero-order chi connectivity index (χ0) is 23.2. The van der Waals surface area contributed by atoms with Gasteiger partial charge in [0.1, 0.15) is 17.3 Å². The molecule has 0 saturated carbocycles. The van der Waals surface area contributed by atoms with Crippen LogP contribution in [0.15, 0.2) is 65.1 Å². The Bertz CT molecular complexity index is 1110. The van der Waals surface area contributed by atoms with Gasteiger partial charge in [0.05, 0.1) is 19.3 Å². The Morgan fingerprint density at radius 1 is 1.00 bits per heavy atom. The van der Waals surface area contributed by atoms with Crippen molar-refractivity contribution in [3.8, 4) is 0 Å². The summed E-state index contributed by atoms with van der Waals surface area (Å²) in [5.41, 5.74) is 1.22. The molecule has 172 valence electrons. The third-order valence-electron chi connectivity index (χ3n) is 5.52. The summed E-state index contributed by atoms with van der Waals surface area (Å²) in [5, 5.41) is 5.73. The molecule has 1 fully saturated rings. The number of amides is 2. The van der Waals surface area contributed by atoms with E-state index in [1.165, 1.54) is 24.3 Å². The number of ether oxygens (including phenoxy) is 1. The van der Waals surface area contributed by atoms with Crippen LogP contribution in [-0.4, -0.2) is 49.6 Å². The molecule has 3 aromatic rings. The minimum Gasteiger partial charge on any atom is -0.465 e. The second-order valence-electron chi connectivity index (χ2n) is 7.86. The number of nitrogens with zero attached hydrogens (tertiary/aromatic N) is 1. The summed E-state index contributed by atoms with van der Waals surface area (Å²) < 4.78 is 24.4. The third-order valence-corrected chi connectivity index (χ3v) is 5.52. The van der Waals surface area contributed by atoms with Crippen LogP contribution in [0, 0.1) is 12.7 Å². The molecular weight excluding hydrogens is 425 g/mol. The fourth-order valence-corrected chi connectivity index (χ4v) is 3.77. The van der Waals surface area contributed by atoms with Gasteiger partial charge < -0.3 is 19.8 Å². The number of furan rings is 1. The lowest BCUT2D eigenvalue weighted by Gasteiger charge is -2.33. The zero-order valence-electron chi connectivity index (χ0n) is 18.3. The SMILES string of the molecule is Cc1ccc(C(CNC(=O)c2cccc(NC(=O)c3ccc(F)cc3)c2)N2CCOCC2)o1. The van der Waals surface area contributed by atoms with Gasteiger partial charge in [-0.1, -0.05) is 6.07 Å². The maximum atomic E-state index is 13.1. The fraction of sp³-hybridized carbons (Fsp3) is 0.280. The molecule has 1 atom stereocenters. The molecule has 1 unspecified atom stereocenters. The minimum atomic E-state index is -0.412. The maximum Gasteiger partial charge on any atom is 0.255 e. The van der Waals surface area contributed by atoms with E-state index in [4.69, 9.17) is 9.15 Å². The van der Waals surface area contributed by atoms with Crippen LogP contribution in [-0.2, 0) is 4.74 Å². The maximum absolute atomic E-state index is 13.1. The summed E-state index contributed by atoms with van der Waals surface area (Å²) in [6.45, 7) is 5.05. The van der Waals surface area contributed by atoms with Crippen LogP contribution in [0.1, 0.15) is 38.3 Å². The van der Waals surface area contributed by atoms with Crippen LogP contribution in [0.25, 0.3) is 0 Å². The number of aryl methyl sites for hydroxylation is 1. The van der Waals surface area contributed by atoms with Crippen molar-refractivity contribution in [3.05, 3.63) is 89.1 Å². The first-order valence-electron chi connectivity index (χ1n) is 10.8. The predicted molar refractivity (Wildman–Crippen MR) is 122 cm³/mol. The van der Waals surface area contributed by atoms with Gasteiger partial charge in [-0.25, -0.2) is 4.39 Å². The van der Waals surface area contributed by atoms with Crippen molar-refractivity contribution < 1.29 is 23.1 Å². The van der Waals surface area contributed by atoms with Gasteiger partial charge in [-0.3, -0.25) is 14.5 Å². The molecule has 1 aromatic heterocycles. The molecule has 1 saturated heterocycles. The fourth-order valence-electron chi connectivity index (χ4n) is 3.77. The first-order chi connectivity index (χ1) is 16.0. The highest BCUT2D eigenvalue weighted by atomic mass is 19.1. The van der Waals surface area contributed by atoms with E-state index in [2.05, 4.69) is 15.5 Å². The number of benzene rings is 2. The van der Waals surface area contributed by atoms with Gasteiger partial charge in [-0.05, 0) is 61.5 Å². The number of carbonyl (C=O) groups excluding carboxylic acids is 2. The van der Waals surface area contributed by atoms with Crippen LogP contribution in [0.5, 0.6) is 0 Å². The highest BCUT2D eigenvalue weighted by molar-refractivity contribution is 6.05. The molecule has 8 heteroatoms. The predicted octanol–water partition coefficient (Wildman–Crippen LogP) is 3.78. The van der Waals surface area contributed by atoms with Crippen molar-refractivity contribution >= 4 is 17.5 Å². The molecule has 7 nitrogen and oxygen atoms in total. The Balaban J connectivity index is 1.42. The van der Waals surface area contributed by atoms with E-state index in [-0.39, 0.29) is 17.9 Å². The van der Waals surface area contributed by atoms with E-state index in [1.807, 2.05) is 19.1 Å². The number of carbonyl (C=O) groups is 2. The molecule has 0 aliphatic carbocycles. The first-order valence-corrected chi connectivity index (χ1v) is 10.8. The highest BCUT2D eigenvalue weighted by Crippen LogP contribution is 2.23. The van der Waals surface area contributed by atoms with Gasteiger partial charge in [-0.2, -0.15) is 0 Å². The quantitative estimate of drug-likeness (QED) is 0.571. The molecule has 2 N–H and O–H groups in total. The smallest absolute Gasteiger partial charge is 0.255 e. The summed E-state index contributed by atoms with van der Waals surface area (Å²) in [7, 11) is 0. The second-order valence-corrected chi connectivity index (χ2v) is 7.86. The molecule has 2 amide bonds. The van der Waals surface area contributed by atoms with Gasteiger partial charge in [0.15, 0.2) is 0 Å². The topological polar surface area (TPSA) is 83.8 Å². The van der Waals surface area contributed by atoms with Gasteiger partial charge in [0, 0.05) is 36.4 Å². The van der Waals surface area contributed by atoms with E-state index in [0.29, 0.717) is 36.6 Å². The van der Waals surface area contributed by atoms with Crippen molar-refractivity contribution in [2.24, 2.45) is 0 Å². The molecule has 1 aliphatic rings. The summed E-state index contributed by atoms with van der Waals surface area (Å²) in [6.07, 6.45) is 0. The molecule has 33 heavy (non-hydrogen) atoms. The Kier molecular flexibility index (Phi) is 7.16. The zero-order valence-corrected chi connectivity index (χ0v) is 18.3. The molecular formula is C25H26FN3O4. The van der Waals surface area contributed by atoms with Crippen molar-refractivity contribution in [2.75, 3.05) is 38.2 Å². The number of hydrogen-bond donors (Lipinski definition) is 2. The van der Waals surface area contributed by atoms with E-state index >= 15 is 0 Å². The number of morpholine rings is 1. The van der Waals surface area contributed by atoms with E-state index in [0.717, 1.165) is 24.6 Å². The first kappa shape index (κ1) is 22.7. The third kappa shape index (κ3) is 5.85. The molecule has 0 radical (unpaired) electrons. The van der Waals surface area contributed by atoms with Crippen LogP contribution >= 0.6 is 0 Å². The van der Waals surface area contributed by atoms with Crippen LogP contribution in [0.3, 0.4) is 0 Å². The Labute approximate surface area is 191 Å². The number of nitrogens with one attached hydrogen (secondary N) is 2. The molecule has 4 rings (SSSR count). The monoisotopic (exact) mass is 451 g/mol. The van der Waals surface area contributed by atoms with Crippen LogP contribution in [0.2, 0.25) is 0 Å². The van der Waals surface area contributed by atoms with Crippen molar-refractivity contribution in [1.82, 2.24) is 10.2 Å². The van der Waals surface area contributed by atoms with Crippen molar-refractivity contribution in [3.63, 3.8) is 0 Å². The lowest BCUT2D eigenvalue weighted by Crippen LogP contribution is -2.43. The van der Waals surface area contributed by atoms with Crippen molar-refractivity contribution in [1.29, 1.82) is 0 Å². The average Bonchev–Trinajstić information content (AvgIpc) is 3.26.